The zero-order chi connectivity index (χ0) is 25.7. The maximum absolute atomic E-state index is 13.2. The molecular weight excluding hydrogens is 477 g/mol. The van der Waals surface area contributed by atoms with Crippen LogP contribution >= 0.6 is 7.37 Å². The van der Waals surface area contributed by atoms with Crippen molar-refractivity contribution in [1.82, 2.24) is 25.1 Å². The highest BCUT2D eigenvalue weighted by molar-refractivity contribution is 7.66. The topological polar surface area (TPSA) is 130 Å². The van der Waals surface area contributed by atoms with Crippen LogP contribution < -0.4 is 10.6 Å². The minimum absolute atomic E-state index is 0.0815. The molecule has 0 aliphatic carbocycles. The Labute approximate surface area is 209 Å². The number of hydrogen-bond donors (Lipinski definition) is 3. The number of amides is 1. The highest BCUT2D eigenvalue weighted by Gasteiger charge is 2.26. The number of hydrogen-bond acceptors (Lipinski definition) is 6. The molecule has 0 bridgehead atoms. The zero-order valence-corrected chi connectivity index (χ0v) is 21.0. The van der Waals surface area contributed by atoms with Crippen LogP contribution in [-0.4, -0.2) is 41.8 Å². The summed E-state index contributed by atoms with van der Waals surface area (Å²) in [7, 11) is -3.47. The number of carbonyl (C=O) groups excluding carboxylic acids is 1. The minimum atomic E-state index is -3.47. The fraction of sp³-hybridized carbons (Fsp3) is 0.231. The monoisotopic (exact) mass is 505 g/mol. The van der Waals surface area contributed by atoms with Gasteiger partial charge in [0, 0.05) is 30.1 Å². The molecule has 2 unspecified atom stereocenters. The Morgan fingerprint density at radius 3 is 2.53 bits per heavy atom. The fourth-order valence-corrected chi connectivity index (χ4v) is 5.89. The van der Waals surface area contributed by atoms with E-state index in [9.17, 15) is 19.4 Å². The molecule has 2 atom stereocenters. The summed E-state index contributed by atoms with van der Waals surface area (Å²) in [6.45, 7) is 3.81. The highest BCUT2D eigenvalue weighted by atomic mass is 31.2. The Bertz CT molecular complexity index is 1390. The normalized spacial score (nSPS) is 13.6. The van der Waals surface area contributed by atoms with E-state index in [2.05, 4.69) is 20.4 Å². The maximum Gasteiger partial charge on any atom is 0.259 e. The summed E-state index contributed by atoms with van der Waals surface area (Å²) in [5, 5.41) is 17.9. The fourth-order valence-electron chi connectivity index (χ4n) is 4.07. The molecule has 2 heterocycles. The van der Waals surface area contributed by atoms with Gasteiger partial charge >= 0.3 is 0 Å². The van der Waals surface area contributed by atoms with Gasteiger partial charge in [-0.15, -0.1) is 0 Å². The van der Waals surface area contributed by atoms with Crippen LogP contribution in [0.2, 0.25) is 0 Å². The molecule has 0 fully saturated rings. The van der Waals surface area contributed by atoms with Crippen LogP contribution in [0.5, 0.6) is 5.88 Å². The molecule has 1 amide bonds. The highest BCUT2D eigenvalue weighted by Crippen LogP contribution is 2.41. The predicted molar refractivity (Wildman–Crippen MR) is 137 cm³/mol. The van der Waals surface area contributed by atoms with Crippen molar-refractivity contribution in [3.63, 3.8) is 0 Å². The Morgan fingerprint density at radius 2 is 1.89 bits per heavy atom. The quantitative estimate of drug-likeness (QED) is 0.295. The van der Waals surface area contributed by atoms with Crippen molar-refractivity contribution in [1.29, 1.82) is 0 Å². The van der Waals surface area contributed by atoms with Crippen LogP contribution in [0.4, 0.5) is 0 Å². The standard InChI is InChI=1S/C26H28N5O4P/c1-3-15-36(34,35)22-12-11-20(16-18(22)4-2)23(19-9-6-5-7-10-19)29-24(32)21-17-27-26(30-25(21)33)31-14-8-13-28-31/h5-14,16-17,23H,3-4,15H2,1-2H3,(H,29,32)(H,34,35)(H,27,30,33). The Hall–Kier alpha value is -3.81. The van der Waals surface area contributed by atoms with Gasteiger partial charge in [0.05, 0.1) is 6.04 Å². The number of aromatic nitrogens is 4. The lowest BCUT2D eigenvalue weighted by molar-refractivity contribution is 0.0939. The van der Waals surface area contributed by atoms with E-state index in [1.54, 1.807) is 30.6 Å². The van der Waals surface area contributed by atoms with Crippen LogP contribution in [0, 0.1) is 0 Å². The number of rotatable bonds is 9. The van der Waals surface area contributed by atoms with Gasteiger partial charge in [-0.05, 0) is 41.7 Å². The molecule has 0 radical (unpaired) electrons. The average Bonchev–Trinajstić information content (AvgIpc) is 3.42. The molecule has 36 heavy (non-hydrogen) atoms. The van der Waals surface area contributed by atoms with Gasteiger partial charge in [-0.1, -0.05) is 56.3 Å². The van der Waals surface area contributed by atoms with Crippen LogP contribution in [0.3, 0.4) is 0 Å². The molecule has 4 aromatic rings. The van der Waals surface area contributed by atoms with Gasteiger partial charge in [0.25, 0.3) is 11.9 Å². The maximum atomic E-state index is 13.2. The van der Waals surface area contributed by atoms with E-state index in [4.69, 9.17) is 0 Å². The second-order valence-corrected chi connectivity index (χ2v) is 10.7. The first-order chi connectivity index (χ1) is 17.3. The molecule has 0 spiro atoms. The third-order valence-electron chi connectivity index (χ3n) is 5.84. The van der Waals surface area contributed by atoms with Gasteiger partial charge in [-0.3, -0.25) is 9.36 Å². The number of carbonyl (C=O) groups is 1. The third kappa shape index (κ3) is 5.37. The second-order valence-electron chi connectivity index (χ2n) is 8.34. The zero-order valence-electron chi connectivity index (χ0n) is 20.1. The van der Waals surface area contributed by atoms with Crippen LogP contribution in [0.1, 0.15) is 53.4 Å². The molecule has 0 saturated carbocycles. The SMILES string of the molecule is CCCP(=O)(O)c1ccc(C(NC(=O)c2cnc(-n3cccn3)nc2O)c2ccccc2)cc1CC. The van der Waals surface area contributed by atoms with Gasteiger partial charge < -0.3 is 15.3 Å². The molecule has 9 nitrogen and oxygen atoms in total. The van der Waals surface area contributed by atoms with Crippen molar-refractivity contribution in [3.8, 4) is 11.8 Å². The third-order valence-corrected chi connectivity index (χ3v) is 8.08. The van der Waals surface area contributed by atoms with E-state index >= 15 is 0 Å². The number of aromatic hydroxyl groups is 1. The molecular formula is C26H28N5O4P. The van der Waals surface area contributed by atoms with E-state index in [0.717, 1.165) is 16.7 Å². The number of aryl methyl sites for hydroxylation is 1. The molecule has 2 aromatic carbocycles. The summed E-state index contributed by atoms with van der Waals surface area (Å²) < 4.78 is 14.3. The van der Waals surface area contributed by atoms with Crippen molar-refractivity contribution in [2.24, 2.45) is 0 Å². The van der Waals surface area contributed by atoms with E-state index in [1.165, 1.54) is 10.9 Å². The minimum Gasteiger partial charge on any atom is -0.493 e. The molecule has 0 saturated heterocycles. The Morgan fingerprint density at radius 1 is 1.11 bits per heavy atom. The van der Waals surface area contributed by atoms with Crippen molar-refractivity contribution in [2.75, 3.05) is 6.16 Å². The molecule has 10 heteroatoms. The van der Waals surface area contributed by atoms with Crippen LogP contribution in [0.25, 0.3) is 5.95 Å². The lowest BCUT2D eigenvalue weighted by atomic mass is 9.96. The summed E-state index contributed by atoms with van der Waals surface area (Å²) in [6, 6.07) is 15.8. The summed E-state index contributed by atoms with van der Waals surface area (Å²) in [4.78, 5) is 32.0. The van der Waals surface area contributed by atoms with Crippen molar-refractivity contribution < 1.29 is 19.4 Å². The Balaban J connectivity index is 1.69. The van der Waals surface area contributed by atoms with Gasteiger partial charge in [0.15, 0.2) is 0 Å². The van der Waals surface area contributed by atoms with Crippen molar-refractivity contribution >= 4 is 18.6 Å². The summed E-state index contributed by atoms with van der Waals surface area (Å²) >= 11 is 0. The van der Waals surface area contributed by atoms with Crippen molar-refractivity contribution in [3.05, 3.63) is 95.4 Å². The lowest BCUT2D eigenvalue weighted by Crippen LogP contribution is -2.30. The van der Waals surface area contributed by atoms with E-state index in [1.807, 2.05) is 50.2 Å². The number of nitrogens with zero attached hydrogens (tertiary/aromatic N) is 4. The van der Waals surface area contributed by atoms with Crippen LogP contribution in [-0.2, 0) is 11.0 Å². The summed E-state index contributed by atoms with van der Waals surface area (Å²) in [6.07, 6.45) is 5.82. The van der Waals surface area contributed by atoms with Crippen LogP contribution in [0.15, 0.2) is 73.2 Å². The predicted octanol–water partition coefficient (Wildman–Crippen LogP) is 3.76. The molecule has 3 N–H and O–H groups in total. The number of nitrogens with one attached hydrogen (secondary N) is 1. The Kier molecular flexibility index (Phi) is 7.62. The molecule has 0 aliphatic rings. The first-order valence-electron chi connectivity index (χ1n) is 11.7. The molecule has 186 valence electrons. The summed E-state index contributed by atoms with van der Waals surface area (Å²) in [5.41, 5.74) is 2.24. The van der Waals surface area contributed by atoms with Crippen molar-refractivity contribution in [2.45, 2.75) is 32.7 Å². The smallest absolute Gasteiger partial charge is 0.259 e. The molecule has 0 aliphatic heterocycles. The van der Waals surface area contributed by atoms with Gasteiger partial charge in [0.2, 0.25) is 13.2 Å². The molecule has 4 rings (SSSR count). The first-order valence-corrected chi connectivity index (χ1v) is 13.6. The van der Waals surface area contributed by atoms with E-state index < -0.39 is 25.2 Å². The van der Waals surface area contributed by atoms with Gasteiger partial charge in [0.1, 0.15) is 5.56 Å². The number of benzene rings is 2. The first kappa shape index (κ1) is 25.3. The molecule has 2 aromatic heterocycles. The van der Waals surface area contributed by atoms with E-state index in [0.29, 0.717) is 18.1 Å². The lowest BCUT2D eigenvalue weighted by Gasteiger charge is -2.23. The van der Waals surface area contributed by atoms with Gasteiger partial charge in [-0.2, -0.15) is 10.1 Å². The van der Waals surface area contributed by atoms with E-state index in [-0.39, 0.29) is 17.7 Å². The largest absolute Gasteiger partial charge is 0.493 e. The van der Waals surface area contributed by atoms with Gasteiger partial charge in [-0.25, -0.2) is 9.67 Å². The second kappa shape index (κ2) is 10.8. The summed E-state index contributed by atoms with van der Waals surface area (Å²) in [5.74, 6) is -0.892. The average molecular weight is 506 g/mol.